The Balaban J connectivity index is 3.25. The van der Waals surface area contributed by atoms with E-state index in [0.29, 0.717) is 16.7 Å². The largest absolute Gasteiger partial charge is 0.465 e. The molecular weight excluding hydrogens is 228 g/mol. The first-order valence-corrected chi connectivity index (χ1v) is 5.38. The molecule has 0 aliphatic carbocycles. The second-order valence-corrected chi connectivity index (χ2v) is 3.72. The monoisotopic (exact) mass is 240 g/mol. The van der Waals surface area contributed by atoms with Crippen LogP contribution in [0.1, 0.15) is 28.4 Å². The number of hydrogen-bond acceptors (Lipinski definition) is 3. The Kier molecular flexibility index (Phi) is 4.50. The summed E-state index contributed by atoms with van der Waals surface area (Å²) < 4.78 is 4.69. The zero-order valence-electron chi connectivity index (χ0n) is 9.25. The number of alkyl halides is 1. The number of ketones is 1. The van der Waals surface area contributed by atoms with Gasteiger partial charge in [0, 0.05) is 12.3 Å². The Morgan fingerprint density at radius 1 is 1.31 bits per heavy atom. The van der Waals surface area contributed by atoms with Crippen molar-refractivity contribution >= 4 is 23.4 Å². The molecule has 0 atom stereocenters. The molecule has 0 saturated carbocycles. The summed E-state index contributed by atoms with van der Waals surface area (Å²) in [5, 5.41) is 0. The van der Waals surface area contributed by atoms with Crippen LogP contribution in [-0.4, -0.2) is 18.9 Å². The van der Waals surface area contributed by atoms with Gasteiger partial charge in [-0.25, -0.2) is 4.79 Å². The van der Waals surface area contributed by atoms with Gasteiger partial charge < -0.3 is 4.74 Å². The summed E-state index contributed by atoms with van der Waals surface area (Å²) >= 11 is 5.75. The quantitative estimate of drug-likeness (QED) is 0.599. The molecule has 1 rings (SSSR count). The lowest BCUT2D eigenvalue weighted by atomic mass is 9.98. The Hall–Kier alpha value is -1.35. The number of rotatable bonds is 4. The van der Waals surface area contributed by atoms with Crippen molar-refractivity contribution in [3.63, 3.8) is 0 Å². The van der Waals surface area contributed by atoms with Gasteiger partial charge in [0.15, 0.2) is 0 Å². The highest BCUT2D eigenvalue weighted by molar-refractivity contribution is 6.17. The molecule has 0 spiro atoms. The highest BCUT2D eigenvalue weighted by Gasteiger charge is 2.16. The highest BCUT2D eigenvalue weighted by atomic mass is 35.5. The van der Waals surface area contributed by atoms with Gasteiger partial charge in [0.1, 0.15) is 5.78 Å². The van der Waals surface area contributed by atoms with E-state index < -0.39 is 5.97 Å². The fourth-order valence-electron chi connectivity index (χ4n) is 1.54. The number of Topliss-reactive ketones (excluding diaryl/α,β-unsaturated/α-hetero) is 1. The SMILES string of the molecule is COC(=O)c1c(CCl)cccc1CC(C)=O. The Labute approximate surface area is 99.4 Å². The standard InChI is InChI=1S/C12H13ClO3/c1-8(14)6-9-4-3-5-10(7-13)11(9)12(15)16-2/h3-5H,6-7H2,1-2H3. The van der Waals surface area contributed by atoms with Crippen molar-refractivity contribution in [1.29, 1.82) is 0 Å². The molecular formula is C12H13ClO3. The minimum Gasteiger partial charge on any atom is -0.465 e. The zero-order chi connectivity index (χ0) is 12.1. The van der Waals surface area contributed by atoms with Crippen LogP contribution in [0.2, 0.25) is 0 Å². The Morgan fingerprint density at radius 3 is 2.44 bits per heavy atom. The predicted octanol–water partition coefficient (Wildman–Crippen LogP) is 2.34. The van der Waals surface area contributed by atoms with Gasteiger partial charge in [-0.2, -0.15) is 0 Å². The van der Waals surface area contributed by atoms with Crippen molar-refractivity contribution < 1.29 is 14.3 Å². The Morgan fingerprint density at radius 2 is 1.94 bits per heavy atom. The maximum Gasteiger partial charge on any atom is 0.338 e. The first-order valence-electron chi connectivity index (χ1n) is 4.84. The van der Waals surface area contributed by atoms with Crippen molar-refractivity contribution in [3.05, 3.63) is 34.9 Å². The van der Waals surface area contributed by atoms with E-state index in [0.717, 1.165) is 0 Å². The van der Waals surface area contributed by atoms with Gasteiger partial charge >= 0.3 is 5.97 Å². The summed E-state index contributed by atoms with van der Waals surface area (Å²) in [6.45, 7) is 1.48. The van der Waals surface area contributed by atoms with Crippen LogP contribution in [0.5, 0.6) is 0 Å². The molecule has 0 radical (unpaired) electrons. The number of benzene rings is 1. The molecule has 3 nitrogen and oxygen atoms in total. The van der Waals surface area contributed by atoms with E-state index >= 15 is 0 Å². The third kappa shape index (κ3) is 2.83. The number of halogens is 1. The number of methoxy groups -OCH3 is 1. The lowest BCUT2D eigenvalue weighted by Gasteiger charge is -2.10. The van der Waals surface area contributed by atoms with Gasteiger partial charge in [-0.3, -0.25) is 4.79 Å². The first kappa shape index (κ1) is 12.7. The second-order valence-electron chi connectivity index (χ2n) is 3.46. The van der Waals surface area contributed by atoms with Gasteiger partial charge in [0.25, 0.3) is 0 Å². The molecule has 0 fully saturated rings. The molecule has 0 aliphatic rings. The van der Waals surface area contributed by atoms with Gasteiger partial charge in [0.2, 0.25) is 0 Å². The van der Waals surface area contributed by atoms with Gasteiger partial charge in [-0.15, -0.1) is 11.6 Å². The van der Waals surface area contributed by atoms with Crippen LogP contribution in [0.15, 0.2) is 18.2 Å². The van der Waals surface area contributed by atoms with E-state index in [9.17, 15) is 9.59 Å². The van der Waals surface area contributed by atoms with E-state index in [1.54, 1.807) is 18.2 Å². The molecule has 0 aliphatic heterocycles. The molecule has 16 heavy (non-hydrogen) atoms. The van der Waals surface area contributed by atoms with Crippen molar-refractivity contribution in [2.75, 3.05) is 7.11 Å². The molecule has 0 bridgehead atoms. The van der Waals surface area contributed by atoms with E-state index in [1.807, 2.05) is 0 Å². The second kappa shape index (κ2) is 5.66. The molecule has 0 saturated heterocycles. The summed E-state index contributed by atoms with van der Waals surface area (Å²) in [6.07, 6.45) is 0.217. The third-order valence-electron chi connectivity index (χ3n) is 2.21. The van der Waals surface area contributed by atoms with Crippen LogP contribution in [-0.2, 0) is 21.8 Å². The number of hydrogen-bond donors (Lipinski definition) is 0. The first-order chi connectivity index (χ1) is 7.60. The Bertz CT molecular complexity index is 413. The van der Waals surface area contributed by atoms with Crippen LogP contribution < -0.4 is 0 Å². The normalized spacial score (nSPS) is 9.94. The van der Waals surface area contributed by atoms with Crippen LogP contribution in [0.3, 0.4) is 0 Å². The van der Waals surface area contributed by atoms with Crippen molar-refractivity contribution in [2.45, 2.75) is 19.2 Å². The van der Waals surface area contributed by atoms with E-state index in [4.69, 9.17) is 16.3 Å². The van der Waals surface area contributed by atoms with Crippen molar-refractivity contribution in [3.8, 4) is 0 Å². The van der Waals surface area contributed by atoms with Crippen LogP contribution in [0.4, 0.5) is 0 Å². The molecule has 86 valence electrons. The summed E-state index contributed by atoms with van der Waals surface area (Å²) in [5.41, 5.74) is 1.76. The van der Waals surface area contributed by atoms with E-state index in [2.05, 4.69) is 0 Å². The number of esters is 1. The molecule has 0 unspecified atom stereocenters. The minimum atomic E-state index is -0.451. The van der Waals surface area contributed by atoms with Gasteiger partial charge in [-0.05, 0) is 18.1 Å². The predicted molar refractivity (Wildman–Crippen MR) is 61.7 cm³/mol. The average Bonchev–Trinajstić information content (AvgIpc) is 2.27. The molecule has 1 aromatic carbocycles. The molecule has 0 heterocycles. The molecule has 1 aromatic rings. The van der Waals surface area contributed by atoms with Crippen LogP contribution >= 0.6 is 11.6 Å². The summed E-state index contributed by atoms with van der Waals surface area (Å²) in [7, 11) is 1.31. The fraction of sp³-hybridized carbons (Fsp3) is 0.333. The lowest BCUT2D eigenvalue weighted by molar-refractivity contribution is -0.116. The lowest BCUT2D eigenvalue weighted by Crippen LogP contribution is -2.11. The van der Waals surface area contributed by atoms with Crippen molar-refractivity contribution in [2.24, 2.45) is 0 Å². The molecule has 0 aromatic heterocycles. The topological polar surface area (TPSA) is 43.4 Å². The van der Waals surface area contributed by atoms with Gasteiger partial charge in [0.05, 0.1) is 12.7 Å². The summed E-state index contributed by atoms with van der Waals surface area (Å²) in [6, 6.07) is 5.27. The summed E-state index contributed by atoms with van der Waals surface area (Å²) in [5.74, 6) is -0.236. The molecule has 4 heteroatoms. The molecule has 0 amide bonds. The van der Waals surface area contributed by atoms with Crippen LogP contribution in [0.25, 0.3) is 0 Å². The van der Waals surface area contributed by atoms with E-state index in [1.165, 1.54) is 14.0 Å². The maximum absolute atomic E-state index is 11.6. The minimum absolute atomic E-state index is 0.00289. The maximum atomic E-state index is 11.6. The number of carbonyl (C=O) groups excluding carboxylic acids is 2. The molecule has 0 N–H and O–H groups in total. The van der Waals surface area contributed by atoms with Crippen molar-refractivity contribution in [1.82, 2.24) is 0 Å². The van der Waals surface area contributed by atoms with Gasteiger partial charge in [-0.1, -0.05) is 18.2 Å². The number of carbonyl (C=O) groups is 2. The fourth-order valence-corrected chi connectivity index (χ4v) is 1.77. The van der Waals surface area contributed by atoms with E-state index in [-0.39, 0.29) is 18.1 Å². The van der Waals surface area contributed by atoms with Crippen LogP contribution in [0, 0.1) is 0 Å². The summed E-state index contributed by atoms with van der Waals surface area (Å²) in [4.78, 5) is 22.7. The average molecular weight is 241 g/mol. The third-order valence-corrected chi connectivity index (χ3v) is 2.50. The smallest absolute Gasteiger partial charge is 0.338 e. The zero-order valence-corrected chi connectivity index (χ0v) is 10.0. The highest BCUT2D eigenvalue weighted by Crippen LogP contribution is 2.19. The number of ether oxygens (including phenoxy) is 1.